The second-order valence-electron chi connectivity index (χ2n) is 10.8. The Morgan fingerprint density at radius 2 is 1.94 bits per heavy atom. The Morgan fingerprint density at radius 1 is 1.17 bits per heavy atom. The smallest absolute Gasteiger partial charge is 0.312 e. The Labute approximate surface area is 208 Å². The van der Waals surface area contributed by atoms with Crippen LogP contribution in [0.1, 0.15) is 59.8 Å². The van der Waals surface area contributed by atoms with Crippen LogP contribution in [0.5, 0.6) is 0 Å². The molecule has 35 heavy (non-hydrogen) atoms. The van der Waals surface area contributed by atoms with E-state index >= 15 is 0 Å². The number of esters is 1. The maximum Gasteiger partial charge on any atom is 0.312 e. The zero-order valence-electron chi connectivity index (χ0n) is 21.4. The number of rotatable bonds is 7. The first-order chi connectivity index (χ1) is 16.8. The lowest BCUT2D eigenvalue weighted by atomic mass is 9.78. The summed E-state index contributed by atoms with van der Waals surface area (Å²) < 4.78 is 12.2. The van der Waals surface area contributed by atoms with Crippen LogP contribution in [0.25, 0.3) is 0 Å². The topological polar surface area (TPSA) is 96.4 Å². The molecule has 4 rings (SSSR count). The molecule has 1 N–H and O–H groups in total. The van der Waals surface area contributed by atoms with Gasteiger partial charge in [-0.2, -0.15) is 0 Å². The maximum absolute atomic E-state index is 14.2. The molecule has 8 heteroatoms. The van der Waals surface area contributed by atoms with Crippen molar-refractivity contribution in [2.24, 2.45) is 17.8 Å². The SMILES string of the molecule is CCCC(C)N1CC=C[C@]23O[C@H]4/C=C\CCCOC(=O)[C@H]4[C@H]2C(=O)N([C@@H](CO)CC(C)C)C3C1=O. The Morgan fingerprint density at radius 3 is 2.63 bits per heavy atom. The van der Waals surface area contributed by atoms with Crippen LogP contribution in [0.2, 0.25) is 0 Å². The average Bonchev–Trinajstić information content (AvgIpc) is 3.22. The standard InChI is InChI=1S/C27H40N2O6/c1-5-10-18(4)28-13-9-12-27-22(21-20(35-27)11-7-6-8-14-34-26(21)33)24(31)29(23(27)25(28)32)19(16-30)15-17(2)3/h7,9,11-12,17-23,30H,5-6,8,10,13-16H2,1-4H3/b11-7-/t18?,19-,20+,21-,22+,23?,27+/m1/s1. The fourth-order valence-electron chi connectivity index (χ4n) is 6.39. The van der Waals surface area contributed by atoms with E-state index in [0.717, 1.165) is 19.3 Å². The van der Waals surface area contributed by atoms with Gasteiger partial charge in [0.2, 0.25) is 11.8 Å². The van der Waals surface area contributed by atoms with Crippen molar-refractivity contribution in [1.29, 1.82) is 0 Å². The van der Waals surface area contributed by atoms with Gasteiger partial charge in [-0.3, -0.25) is 14.4 Å². The van der Waals surface area contributed by atoms with E-state index in [1.807, 2.05) is 50.0 Å². The molecule has 2 unspecified atom stereocenters. The Bertz CT molecular complexity index is 885. The summed E-state index contributed by atoms with van der Waals surface area (Å²) in [5, 5.41) is 10.3. The number of aliphatic hydroxyl groups excluding tert-OH is 1. The van der Waals surface area contributed by atoms with Crippen LogP contribution < -0.4 is 0 Å². The number of allylic oxidation sites excluding steroid dienone is 1. The molecule has 2 fully saturated rings. The van der Waals surface area contributed by atoms with Crippen molar-refractivity contribution in [3.05, 3.63) is 24.3 Å². The van der Waals surface area contributed by atoms with E-state index in [2.05, 4.69) is 6.92 Å². The first-order valence-corrected chi connectivity index (χ1v) is 13.2. The third-order valence-corrected chi connectivity index (χ3v) is 7.91. The van der Waals surface area contributed by atoms with Gasteiger partial charge in [-0.15, -0.1) is 0 Å². The van der Waals surface area contributed by atoms with Crippen LogP contribution in [0.4, 0.5) is 0 Å². The fraction of sp³-hybridized carbons (Fsp3) is 0.741. The van der Waals surface area contributed by atoms with Gasteiger partial charge < -0.3 is 24.4 Å². The van der Waals surface area contributed by atoms with Gasteiger partial charge in [0.1, 0.15) is 17.6 Å². The first-order valence-electron chi connectivity index (χ1n) is 13.2. The molecule has 0 saturated carbocycles. The van der Waals surface area contributed by atoms with Crippen molar-refractivity contribution in [2.45, 2.75) is 89.6 Å². The largest absolute Gasteiger partial charge is 0.465 e. The summed E-state index contributed by atoms with van der Waals surface area (Å²) in [7, 11) is 0. The summed E-state index contributed by atoms with van der Waals surface area (Å²) >= 11 is 0. The van der Waals surface area contributed by atoms with Crippen molar-refractivity contribution < 1.29 is 29.0 Å². The highest BCUT2D eigenvalue weighted by atomic mass is 16.6. The van der Waals surface area contributed by atoms with Crippen molar-refractivity contribution in [3.63, 3.8) is 0 Å². The Hall–Kier alpha value is -2.19. The van der Waals surface area contributed by atoms with E-state index in [9.17, 15) is 19.5 Å². The lowest BCUT2D eigenvalue weighted by Crippen LogP contribution is -2.59. The number of hydrogen-bond acceptors (Lipinski definition) is 6. The van der Waals surface area contributed by atoms with E-state index < -0.39 is 41.6 Å². The summed E-state index contributed by atoms with van der Waals surface area (Å²) in [5.74, 6) is -2.46. The van der Waals surface area contributed by atoms with Gasteiger partial charge in [0.25, 0.3) is 0 Å². The predicted molar refractivity (Wildman–Crippen MR) is 130 cm³/mol. The minimum atomic E-state index is -1.28. The van der Waals surface area contributed by atoms with Crippen LogP contribution in [0.3, 0.4) is 0 Å². The third-order valence-electron chi connectivity index (χ3n) is 7.91. The number of likely N-dealkylation sites (tertiary alicyclic amines) is 1. The highest BCUT2D eigenvalue weighted by Gasteiger charge is 2.72. The minimum Gasteiger partial charge on any atom is -0.465 e. The molecule has 8 nitrogen and oxygen atoms in total. The molecule has 0 aromatic heterocycles. The monoisotopic (exact) mass is 488 g/mol. The summed E-state index contributed by atoms with van der Waals surface area (Å²) in [6.45, 7) is 8.60. The van der Waals surface area contributed by atoms with Crippen molar-refractivity contribution in [3.8, 4) is 0 Å². The molecule has 2 amide bonds. The molecule has 4 heterocycles. The molecule has 1 spiro atoms. The molecule has 0 aromatic rings. The molecular formula is C27H40N2O6. The number of ether oxygens (including phenoxy) is 2. The van der Waals surface area contributed by atoms with E-state index in [4.69, 9.17) is 9.47 Å². The van der Waals surface area contributed by atoms with Gasteiger partial charge in [-0.25, -0.2) is 0 Å². The Balaban J connectivity index is 1.84. The molecule has 7 atom stereocenters. The van der Waals surface area contributed by atoms with Crippen molar-refractivity contribution in [1.82, 2.24) is 9.80 Å². The molecule has 194 valence electrons. The molecule has 4 aliphatic rings. The summed E-state index contributed by atoms with van der Waals surface area (Å²) in [6, 6.07) is -1.49. The van der Waals surface area contributed by atoms with Crippen molar-refractivity contribution in [2.75, 3.05) is 19.8 Å². The highest BCUT2D eigenvalue weighted by molar-refractivity contribution is 5.99. The highest BCUT2D eigenvalue weighted by Crippen LogP contribution is 2.54. The quantitative estimate of drug-likeness (QED) is 0.437. The number of carbonyl (C=O) groups is 3. The second kappa shape index (κ2) is 10.4. The second-order valence-corrected chi connectivity index (χ2v) is 10.8. The molecular weight excluding hydrogens is 448 g/mol. The number of cyclic esters (lactones) is 1. The number of fused-ring (bicyclic) bond motifs is 2. The molecule has 0 aliphatic carbocycles. The fourth-order valence-corrected chi connectivity index (χ4v) is 6.39. The summed E-state index contributed by atoms with van der Waals surface area (Å²) in [6.07, 6.45) is 10.7. The van der Waals surface area contributed by atoms with E-state index in [1.54, 1.807) is 4.90 Å². The number of aliphatic hydroxyl groups is 1. The predicted octanol–water partition coefficient (Wildman–Crippen LogP) is 2.45. The van der Waals surface area contributed by atoms with Crippen LogP contribution in [0, 0.1) is 17.8 Å². The normalized spacial score (nSPS) is 35.4. The van der Waals surface area contributed by atoms with Gasteiger partial charge in [0, 0.05) is 12.6 Å². The van der Waals surface area contributed by atoms with Gasteiger partial charge in [0.05, 0.1) is 31.3 Å². The summed E-state index contributed by atoms with van der Waals surface area (Å²) in [5.41, 5.74) is -1.28. The van der Waals surface area contributed by atoms with E-state index in [0.29, 0.717) is 19.4 Å². The van der Waals surface area contributed by atoms with Crippen molar-refractivity contribution >= 4 is 17.8 Å². The van der Waals surface area contributed by atoms with Gasteiger partial charge in [0.15, 0.2) is 0 Å². The van der Waals surface area contributed by atoms with Crippen LogP contribution in [0.15, 0.2) is 24.3 Å². The number of amides is 2. The van der Waals surface area contributed by atoms with Crippen LogP contribution >= 0.6 is 0 Å². The van der Waals surface area contributed by atoms with Gasteiger partial charge in [-0.05, 0) is 38.5 Å². The zero-order valence-corrected chi connectivity index (χ0v) is 21.4. The lowest BCUT2D eigenvalue weighted by molar-refractivity contribution is -0.156. The van der Waals surface area contributed by atoms with Crippen LogP contribution in [-0.2, 0) is 23.9 Å². The first kappa shape index (κ1) is 25.9. The lowest BCUT2D eigenvalue weighted by Gasteiger charge is -2.40. The Kier molecular flexibility index (Phi) is 7.71. The minimum absolute atomic E-state index is 0.00979. The zero-order chi connectivity index (χ0) is 25.3. The molecule has 4 aliphatic heterocycles. The van der Waals surface area contributed by atoms with E-state index in [-0.39, 0.29) is 37.0 Å². The number of nitrogens with zero attached hydrogens (tertiary/aromatic N) is 2. The molecule has 0 bridgehead atoms. The van der Waals surface area contributed by atoms with Gasteiger partial charge in [-0.1, -0.05) is 51.5 Å². The van der Waals surface area contributed by atoms with Crippen LogP contribution in [-0.4, -0.2) is 82.3 Å². The number of hydrogen-bond donors (Lipinski definition) is 1. The average molecular weight is 489 g/mol. The molecule has 2 saturated heterocycles. The van der Waals surface area contributed by atoms with E-state index in [1.165, 1.54) is 0 Å². The molecule has 0 radical (unpaired) electrons. The molecule has 0 aromatic carbocycles. The number of carbonyl (C=O) groups excluding carboxylic acids is 3. The maximum atomic E-state index is 14.2. The van der Waals surface area contributed by atoms with Gasteiger partial charge >= 0.3 is 5.97 Å². The third kappa shape index (κ3) is 4.44. The summed E-state index contributed by atoms with van der Waals surface area (Å²) in [4.78, 5) is 45.0.